The van der Waals surface area contributed by atoms with E-state index in [-0.39, 0.29) is 51.7 Å². The van der Waals surface area contributed by atoms with Crippen LogP contribution in [0.1, 0.15) is 2.85 Å². The monoisotopic (exact) mass is 208 g/mol. The molecule has 0 unspecified atom stereocenters. The molecule has 0 atom stereocenters. The van der Waals surface area contributed by atoms with Crippen molar-refractivity contribution < 1.29 is 7.27 Å². The molecule has 1 aromatic heterocycles. The van der Waals surface area contributed by atoms with Crippen LogP contribution in [0.15, 0.2) is 29.1 Å². The Morgan fingerprint density at radius 1 is 1.17 bits per heavy atom. The van der Waals surface area contributed by atoms with E-state index in [2.05, 4.69) is 4.42 Å². The number of hydrogen-bond acceptors (Lipinski definition) is 1. The fourth-order valence-corrected chi connectivity index (χ4v) is 0.227. The predicted octanol–water partition coefficient (Wildman–Crippen LogP) is 1.12. The normalized spacial score (nSPS) is 6.67. The van der Waals surface area contributed by atoms with Gasteiger partial charge in [0.25, 0.3) is 0 Å². The zero-order chi connectivity index (χ0) is 3.54. The van der Waals surface area contributed by atoms with Crippen LogP contribution < -0.4 is 0 Å². The summed E-state index contributed by atoms with van der Waals surface area (Å²) in [5.41, 5.74) is 0. The van der Waals surface area contributed by atoms with Gasteiger partial charge in [0.2, 0.25) is 0 Å². The Hall–Kier alpha value is 0.851. The van der Waals surface area contributed by atoms with Gasteiger partial charge in [-0.15, -0.1) is 0 Å². The number of furan rings is 1. The second kappa shape index (κ2) is 4.02. The summed E-state index contributed by atoms with van der Waals surface area (Å²) in [5.74, 6) is 0. The molecular weight excluding hydrogens is 201 g/mol. The van der Waals surface area contributed by atoms with Crippen LogP contribution in [0.3, 0.4) is 0 Å². The molecule has 0 radical (unpaired) electrons. The first kappa shape index (κ1) is 6.85. The Morgan fingerprint density at radius 3 is 1.83 bits per heavy atom. The van der Waals surface area contributed by atoms with Crippen LogP contribution >= 0.6 is 0 Å². The minimum absolute atomic E-state index is 0. The van der Waals surface area contributed by atoms with E-state index in [1.165, 1.54) is 0 Å². The van der Waals surface area contributed by atoms with Gasteiger partial charge in [0, 0.05) is 0 Å². The summed E-state index contributed by atoms with van der Waals surface area (Å²) in [4.78, 5) is 0. The minimum Gasteiger partial charge on any atom is -1.00 e. The molecule has 2 heteroatoms. The van der Waals surface area contributed by atoms with E-state index in [4.69, 9.17) is 0 Å². The number of rotatable bonds is 0. The molecule has 1 aromatic rings. The smallest absolute Gasteiger partial charge is 1.00 e. The largest absolute Gasteiger partial charge is 2.00 e. The van der Waals surface area contributed by atoms with Crippen molar-refractivity contribution in [2.75, 3.05) is 0 Å². The topological polar surface area (TPSA) is 13.1 Å². The molecule has 0 aromatic carbocycles. The van der Waals surface area contributed by atoms with Crippen molar-refractivity contribution in [1.29, 1.82) is 0 Å². The molecule has 0 saturated carbocycles. The van der Waals surface area contributed by atoms with E-state index >= 15 is 0 Å². The third-order valence-corrected chi connectivity index (χ3v) is 0.425. The van der Waals surface area contributed by atoms with Crippen molar-refractivity contribution in [3.63, 3.8) is 0 Å². The van der Waals surface area contributed by atoms with Crippen LogP contribution in [-0.2, 0) is 0 Å². The van der Waals surface area contributed by atoms with Crippen molar-refractivity contribution in [2.45, 2.75) is 0 Å². The standard InChI is InChI=1S/C4H4O.Ba.2H/c1-2-4-5-3-1;;;/h1-4H;;;/q;+2;2*-1. The second-order valence-corrected chi connectivity index (χ2v) is 0.793. The van der Waals surface area contributed by atoms with Crippen molar-refractivity contribution in [1.82, 2.24) is 0 Å². The van der Waals surface area contributed by atoms with E-state index in [1.54, 1.807) is 12.5 Å². The molecule has 30 valence electrons. The van der Waals surface area contributed by atoms with Gasteiger partial charge < -0.3 is 7.27 Å². The van der Waals surface area contributed by atoms with Crippen LogP contribution in [0, 0.1) is 0 Å². The van der Waals surface area contributed by atoms with Gasteiger partial charge in [0.1, 0.15) is 0 Å². The quantitative estimate of drug-likeness (QED) is 0.581. The molecule has 6 heavy (non-hydrogen) atoms. The van der Waals surface area contributed by atoms with Crippen molar-refractivity contribution in [3.8, 4) is 0 Å². The van der Waals surface area contributed by atoms with E-state index in [0.29, 0.717) is 0 Å². The minimum atomic E-state index is 0. The third-order valence-electron chi connectivity index (χ3n) is 0.425. The maximum absolute atomic E-state index is 4.58. The van der Waals surface area contributed by atoms with Crippen LogP contribution in [-0.4, -0.2) is 48.9 Å². The zero-order valence-electron chi connectivity index (χ0n) is 5.42. The fourth-order valence-electron chi connectivity index (χ4n) is 0.227. The van der Waals surface area contributed by atoms with Gasteiger partial charge in [-0.05, 0) is 12.1 Å². The Labute approximate surface area is 79.8 Å². The van der Waals surface area contributed by atoms with E-state index in [9.17, 15) is 0 Å². The van der Waals surface area contributed by atoms with E-state index in [0.717, 1.165) is 0 Å². The van der Waals surface area contributed by atoms with Gasteiger partial charge in [0.15, 0.2) is 0 Å². The summed E-state index contributed by atoms with van der Waals surface area (Å²) < 4.78 is 4.58. The SMILES string of the molecule is [Ba+2].[H-].[H-].c1ccoc1. The van der Waals surface area contributed by atoms with Gasteiger partial charge in [-0.2, -0.15) is 0 Å². The Morgan fingerprint density at radius 2 is 1.67 bits per heavy atom. The summed E-state index contributed by atoms with van der Waals surface area (Å²) >= 11 is 0. The molecule has 0 fully saturated rings. The van der Waals surface area contributed by atoms with Crippen molar-refractivity contribution in [2.24, 2.45) is 0 Å². The van der Waals surface area contributed by atoms with Gasteiger partial charge in [-0.25, -0.2) is 0 Å². The molecule has 0 saturated heterocycles. The molecule has 0 aliphatic heterocycles. The molecule has 1 heterocycles. The third kappa shape index (κ3) is 2.10. The molecule has 1 rings (SSSR count). The molecule has 1 nitrogen and oxygen atoms in total. The van der Waals surface area contributed by atoms with Gasteiger partial charge in [0.05, 0.1) is 12.5 Å². The van der Waals surface area contributed by atoms with Crippen LogP contribution in [0.25, 0.3) is 0 Å². The van der Waals surface area contributed by atoms with E-state index in [1.807, 2.05) is 12.1 Å². The molecule has 0 aliphatic carbocycles. The van der Waals surface area contributed by atoms with Gasteiger partial charge >= 0.3 is 48.9 Å². The summed E-state index contributed by atoms with van der Waals surface area (Å²) in [7, 11) is 0. The average Bonchev–Trinajstić information content (AvgIpc) is 1.76. The Balaban J connectivity index is -0.0000000833. The first-order valence-electron chi connectivity index (χ1n) is 1.47. The molecule has 0 amide bonds. The molecule has 0 spiro atoms. The average molecular weight is 207 g/mol. The first-order chi connectivity index (χ1) is 2.50. The summed E-state index contributed by atoms with van der Waals surface area (Å²) in [6.45, 7) is 0. The van der Waals surface area contributed by atoms with Crippen molar-refractivity contribution >= 4 is 48.9 Å². The van der Waals surface area contributed by atoms with Crippen LogP contribution in [0.2, 0.25) is 0 Å². The molecule has 0 N–H and O–H groups in total. The van der Waals surface area contributed by atoms with Crippen LogP contribution in [0.5, 0.6) is 0 Å². The summed E-state index contributed by atoms with van der Waals surface area (Å²) in [5, 5.41) is 0. The maximum Gasteiger partial charge on any atom is 2.00 e. The van der Waals surface area contributed by atoms with Crippen molar-refractivity contribution in [3.05, 3.63) is 24.7 Å². The summed E-state index contributed by atoms with van der Waals surface area (Å²) in [6.07, 6.45) is 3.25. The van der Waals surface area contributed by atoms with Gasteiger partial charge in [-0.1, -0.05) is 0 Å². The second-order valence-electron chi connectivity index (χ2n) is 0.793. The Bertz CT molecular complexity index is 70.5. The number of hydrogen-bond donors (Lipinski definition) is 0. The predicted molar refractivity (Wildman–Crippen MR) is 26.7 cm³/mol. The maximum atomic E-state index is 4.58. The molecule has 0 bridgehead atoms. The first-order valence-corrected chi connectivity index (χ1v) is 1.47. The Kier molecular flexibility index (Phi) is 4.59. The zero-order valence-corrected chi connectivity index (χ0v) is 7.87. The van der Waals surface area contributed by atoms with Crippen LogP contribution in [0.4, 0.5) is 0 Å². The van der Waals surface area contributed by atoms with Gasteiger partial charge in [-0.3, -0.25) is 0 Å². The fraction of sp³-hybridized carbons (Fsp3) is 0. The summed E-state index contributed by atoms with van der Waals surface area (Å²) in [6, 6.07) is 3.67. The van der Waals surface area contributed by atoms with E-state index < -0.39 is 0 Å². The molecular formula is C4H6BaO. The molecule has 0 aliphatic rings.